The van der Waals surface area contributed by atoms with Crippen molar-refractivity contribution < 1.29 is 38.1 Å². The third kappa shape index (κ3) is 14.5. The van der Waals surface area contributed by atoms with Crippen molar-refractivity contribution in [3.8, 4) is 5.75 Å². The first-order valence-electron chi connectivity index (χ1n) is 17.1. The number of hydrogen-bond acceptors (Lipinski definition) is 8. The molecular weight excluding hydrogens is 650 g/mol. The van der Waals surface area contributed by atoms with E-state index >= 15 is 0 Å². The van der Waals surface area contributed by atoms with Crippen molar-refractivity contribution in [2.75, 3.05) is 54.2 Å². The number of hydrogen-bond donors (Lipinski definition) is 2. The van der Waals surface area contributed by atoms with Gasteiger partial charge in [0.2, 0.25) is 0 Å². The predicted octanol–water partition coefficient (Wildman–Crippen LogP) is 7.15. The number of nitrogens with zero attached hydrogens (tertiary/aromatic N) is 1. The Bertz CT molecular complexity index is 1350. The molecule has 11 nitrogen and oxygen atoms in total. The van der Waals surface area contributed by atoms with Crippen molar-refractivity contribution in [2.45, 2.75) is 83.5 Å². The highest BCUT2D eigenvalue weighted by molar-refractivity contribution is 6.30. The van der Waals surface area contributed by atoms with Crippen LogP contribution in [0.4, 0.5) is 9.59 Å². The van der Waals surface area contributed by atoms with Gasteiger partial charge in [-0.15, -0.1) is 0 Å². The van der Waals surface area contributed by atoms with Crippen LogP contribution in [0.1, 0.15) is 93.3 Å². The molecule has 1 aliphatic carbocycles. The summed E-state index contributed by atoms with van der Waals surface area (Å²) in [5.41, 5.74) is 1.19. The van der Waals surface area contributed by atoms with E-state index in [1.807, 2.05) is 39.0 Å². The lowest BCUT2D eigenvalue weighted by Crippen LogP contribution is -2.46. The summed E-state index contributed by atoms with van der Waals surface area (Å²) < 4.78 is 27.9. The van der Waals surface area contributed by atoms with Crippen LogP contribution in [-0.2, 0) is 18.9 Å². The quantitative estimate of drug-likeness (QED) is 0.167. The van der Waals surface area contributed by atoms with E-state index < -0.39 is 23.9 Å². The molecule has 0 aromatic heterocycles. The van der Waals surface area contributed by atoms with Crippen molar-refractivity contribution in [3.63, 3.8) is 0 Å². The van der Waals surface area contributed by atoms with Gasteiger partial charge in [0.25, 0.3) is 5.91 Å². The number of alkyl carbamates (subject to hydrolysis) is 1. The SMILES string of the molecule is COCCCOc1cc(C(=O)NC(CC2CCCCC2)CN(C)C(=O)OC(C)(C)C)cc(C(OCCNC(=O)OC)c2cccc(Cl)c2)c1. The van der Waals surface area contributed by atoms with Gasteiger partial charge in [-0.2, -0.15) is 0 Å². The Hall–Kier alpha value is -3.54. The van der Waals surface area contributed by atoms with Crippen molar-refractivity contribution in [1.82, 2.24) is 15.5 Å². The number of carbonyl (C=O) groups is 3. The van der Waals surface area contributed by atoms with E-state index in [1.165, 1.54) is 31.3 Å². The molecule has 0 saturated heterocycles. The molecule has 1 fully saturated rings. The van der Waals surface area contributed by atoms with E-state index in [1.54, 1.807) is 38.4 Å². The van der Waals surface area contributed by atoms with Gasteiger partial charge in [0, 0.05) is 56.9 Å². The second kappa shape index (κ2) is 20.2. The summed E-state index contributed by atoms with van der Waals surface area (Å²) in [6, 6.07) is 12.3. The predicted molar refractivity (Wildman–Crippen MR) is 189 cm³/mol. The van der Waals surface area contributed by atoms with E-state index in [0.717, 1.165) is 24.8 Å². The van der Waals surface area contributed by atoms with E-state index in [0.29, 0.717) is 54.0 Å². The van der Waals surface area contributed by atoms with Crippen LogP contribution in [0, 0.1) is 5.92 Å². The molecule has 3 rings (SSSR count). The minimum atomic E-state index is -0.636. The molecule has 0 aliphatic heterocycles. The van der Waals surface area contributed by atoms with Crippen LogP contribution in [0.15, 0.2) is 42.5 Å². The maximum absolute atomic E-state index is 14.1. The molecule has 49 heavy (non-hydrogen) atoms. The van der Waals surface area contributed by atoms with Gasteiger partial charge in [0.15, 0.2) is 0 Å². The second-order valence-corrected chi connectivity index (χ2v) is 13.9. The van der Waals surface area contributed by atoms with Crippen molar-refractivity contribution in [2.24, 2.45) is 5.92 Å². The largest absolute Gasteiger partial charge is 0.493 e. The molecule has 2 aromatic carbocycles. The number of methoxy groups -OCH3 is 2. The highest BCUT2D eigenvalue weighted by Crippen LogP contribution is 2.32. The van der Waals surface area contributed by atoms with Crippen LogP contribution in [0.3, 0.4) is 0 Å². The fourth-order valence-corrected chi connectivity index (χ4v) is 6.05. The first kappa shape index (κ1) is 39.9. The Morgan fingerprint density at radius 1 is 0.980 bits per heavy atom. The molecular formula is C37H54ClN3O8. The maximum atomic E-state index is 14.1. The number of benzene rings is 2. The van der Waals surface area contributed by atoms with E-state index in [4.69, 9.17) is 30.5 Å². The molecule has 0 radical (unpaired) electrons. The third-order valence-electron chi connectivity index (χ3n) is 8.13. The lowest BCUT2D eigenvalue weighted by molar-refractivity contribution is 0.0274. The van der Waals surface area contributed by atoms with Gasteiger partial charge < -0.3 is 39.2 Å². The molecule has 0 spiro atoms. The van der Waals surface area contributed by atoms with Crippen molar-refractivity contribution in [1.29, 1.82) is 0 Å². The number of nitrogens with one attached hydrogen (secondary N) is 2. The molecule has 272 valence electrons. The first-order chi connectivity index (χ1) is 23.4. The number of amides is 3. The van der Waals surface area contributed by atoms with Gasteiger partial charge in [-0.3, -0.25) is 4.79 Å². The molecule has 0 bridgehead atoms. The number of rotatable bonds is 17. The Labute approximate surface area is 296 Å². The summed E-state index contributed by atoms with van der Waals surface area (Å²) in [6.07, 6.45) is 5.53. The van der Waals surface area contributed by atoms with E-state index in [2.05, 4.69) is 15.4 Å². The van der Waals surface area contributed by atoms with Gasteiger partial charge in [0.1, 0.15) is 17.5 Å². The normalized spacial score (nSPS) is 14.8. The molecule has 12 heteroatoms. The molecule has 2 N–H and O–H groups in total. The average Bonchev–Trinajstić information content (AvgIpc) is 3.06. The summed E-state index contributed by atoms with van der Waals surface area (Å²) in [5, 5.41) is 6.39. The van der Waals surface area contributed by atoms with E-state index in [9.17, 15) is 14.4 Å². The Balaban J connectivity index is 1.93. The van der Waals surface area contributed by atoms with Gasteiger partial charge in [-0.1, -0.05) is 55.8 Å². The van der Waals surface area contributed by atoms with Crippen LogP contribution in [-0.4, -0.2) is 88.8 Å². The average molecular weight is 704 g/mol. The lowest BCUT2D eigenvalue weighted by atomic mass is 9.84. The van der Waals surface area contributed by atoms with Gasteiger partial charge in [-0.25, -0.2) is 9.59 Å². The molecule has 2 unspecified atom stereocenters. The van der Waals surface area contributed by atoms with Crippen molar-refractivity contribution >= 4 is 29.7 Å². The number of carbonyl (C=O) groups excluding carboxylic acids is 3. The Kier molecular flexibility index (Phi) is 16.5. The number of ether oxygens (including phenoxy) is 5. The van der Waals surface area contributed by atoms with Gasteiger partial charge >= 0.3 is 12.2 Å². The van der Waals surface area contributed by atoms with Gasteiger partial charge in [0.05, 0.1) is 20.3 Å². The van der Waals surface area contributed by atoms with Crippen LogP contribution in [0.2, 0.25) is 5.02 Å². The van der Waals surface area contributed by atoms with Gasteiger partial charge in [-0.05, 0) is 74.6 Å². The zero-order chi connectivity index (χ0) is 35.8. The zero-order valence-corrected chi connectivity index (χ0v) is 30.6. The van der Waals surface area contributed by atoms with E-state index in [-0.39, 0.29) is 25.1 Å². The standard InChI is InChI=1S/C37H54ClN3O8/c1-37(2,3)49-36(44)41(4)25-31(20-26-12-8-7-9-13-26)40-34(42)29-21-28(23-32(24-29)47-18-11-17-45-5)33(27-14-10-15-30(38)22-27)48-19-16-39-35(43)46-6/h10,14-15,21-24,26,31,33H,7-9,11-13,16-20,25H2,1-6H3,(H,39,43)(H,40,42). The molecule has 1 saturated carbocycles. The molecule has 0 heterocycles. The lowest BCUT2D eigenvalue weighted by Gasteiger charge is -2.31. The van der Waals surface area contributed by atoms with Crippen LogP contribution < -0.4 is 15.4 Å². The minimum absolute atomic E-state index is 0.160. The second-order valence-electron chi connectivity index (χ2n) is 13.5. The topological polar surface area (TPSA) is 125 Å². The Morgan fingerprint density at radius 2 is 1.73 bits per heavy atom. The highest BCUT2D eigenvalue weighted by Gasteiger charge is 2.27. The van der Waals surface area contributed by atoms with Crippen LogP contribution in [0.5, 0.6) is 5.75 Å². The minimum Gasteiger partial charge on any atom is -0.493 e. The fourth-order valence-electron chi connectivity index (χ4n) is 5.86. The van der Waals surface area contributed by atoms with Crippen LogP contribution >= 0.6 is 11.6 Å². The summed E-state index contributed by atoms with van der Waals surface area (Å²) >= 11 is 6.38. The molecule has 2 atom stereocenters. The summed E-state index contributed by atoms with van der Waals surface area (Å²) in [5.74, 6) is 0.660. The smallest absolute Gasteiger partial charge is 0.410 e. The molecule has 3 amide bonds. The molecule has 2 aromatic rings. The highest BCUT2D eigenvalue weighted by atomic mass is 35.5. The Morgan fingerprint density at radius 3 is 2.41 bits per heavy atom. The first-order valence-corrected chi connectivity index (χ1v) is 17.5. The summed E-state index contributed by atoms with van der Waals surface area (Å²) in [7, 11) is 4.63. The fraction of sp³-hybridized carbons (Fsp3) is 0.595. The molecule has 1 aliphatic rings. The zero-order valence-electron chi connectivity index (χ0n) is 29.8. The maximum Gasteiger partial charge on any atom is 0.410 e. The van der Waals surface area contributed by atoms with Crippen LogP contribution in [0.25, 0.3) is 0 Å². The summed E-state index contributed by atoms with van der Waals surface area (Å²) in [6.45, 7) is 7.08. The number of likely N-dealkylation sites (N-methyl/N-ethyl adjacent to an activating group) is 1. The third-order valence-corrected chi connectivity index (χ3v) is 8.36. The monoisotopic (exact) mass is 703 g/mol. The summed E-state index contributed by atoms with van der Waals surface area (Å²) in [4.78, 5) is 40.1. The van der Waals surface area contributed by atoms with Crippen molar-refractivity contribution in [3.05, 3.63) is 64.2 Å². The number of halogens is 1.